The summed E-state index contributed by atoms with van der Waals surface area (Å²) in [6.07, 6.45) is 0.525. The quantitative estimate of drug-likeness (QED) is 0.646. The molecular weight excluding hydrogens is 350 g/mol. The molecule has 5 nitrogen and oxygen atoms in total. The van der Waals surface area contributed by atoms with Crippen molar-refractivity contribution in [1.82, 2.24) is 14.5 Å². The summed E-state index contributed by atoms with van der Waals surface area (Å²) in [5.41, 5.74) is 3.29. The summed E-state index contributed by atoms with van der Waals surface area (Å²) >= 11 is 0. The van der Waals surface area contributed by atoms with Crippen LogP contribution in [-0.2, 0) is 17.9 Å². The molecule has 2 heterocycles. The molecule has 1 amide bonds. The molecule has 28 heavy (non-hydrogen) atoms. The molecule has 1 aliphatic rings. The maximum Gasteiger partial charge on any atom is 0.223 e. The highest BCUT2D eigenvalue weighted by molar-refractivity contribution is 5.81. The Hall–Kier alpha value is -2.82. The van der Waals surface area contributed by atoms with Crippen molar-refractivity contribution in [2.45, 2.75) is 39.3 Å². The number of ether oxygens (including phenoxy) is 1. The number of hydrogen-bond acceptors (Lipinski definition) is 3. The first-order valence-electron chi connectivity index (χ1n) is 9.91. The number of benzene rings is 2. The average Bonchev–Trinajstić information content (AvgIpc) is 3.23. The molecule has 0 aliphatic carbocycles. The van der Waals surface area contributed by atoms with E-state index in [1.165, 1.54) is 0 Å². The van der Waals surface area contributed by atoms with E-state index in [4.69, 9.17) is 9.72 Å². The van der Waals surface area contributed by atoms with Gasteiger partial charge < -0.3 is 14.2 Å². The lowest BCUT2D eigenvalue weighted by atomic mass is 10.1. The molecule has 0 spiro atoms. The Morgan fingerprint density at radius 1 is 1.14 bits per heavy atom. The van der Waals surface area contributed by atoms with E-state index in [9.17, 15) is 4.79 Å². The lowest BCUT2D eigenvalue weighted by Gasteiger charge is -2.18. The second kappa shape index (κ2) is 7.66. The highest BCUT2D eigenvalue weighted by Gasteiger charge is 2.34. The Bertz CT molecular complexity index is 975. The number of likely N-dealkylation sites (tertiary alicyclic amines) is 1. The second-order valence-corrected chi connectivity index (χ2v) is 7.99. The zero-order chi connectivity index (χ0) is 19.7. The minimum absolute atomic E-state index is 0.136. The van der Waals surface area contributed by atoms with E-state index in [0.29, 0.717) is 25.4 Å². The van der Waals surface area contributed by atoms with Crippen molar-refractivity contribution in [3.05, 3.63) is 59.9 Å². The van der Waals surface area contributed by atoms with E-state index in [2.05, 4.69) is 36.6 Å². The summed E-state index contributed by atoms with van der Waals surface area (Å²) in [6, 6.07) is 16.2. The Balaban J connectivity index is 1.58. The maximum atomic E-state index is 12.7. The van der Waals surface area contributed by atoms with Gasteiger partial charge >= 0.3 is 0 Å². The second-order valence-electron chi connectivity index (χ2n) is 7.99. The van der Waals surface area contributed by atoms with Crippen LogP contribution >= 0.6 is 0 Å². The molecule has 0 bridgehead atoms. The number of aromatic nitrogens is 2. The van der Waals surface area contributed by atoms with E-state index in [1.807, 2.05) is 35.2 Å². The molecule has 1 aliphatic heterocycles. The predicted octanol–water partition coefficient (Wildman–Crippen LogP) is 4.22. The summed E-state index contributed by atoms with van der Waals surface area (Å²) in [5, 5.41) is 0. The van der Waals surface area contributed by atoms with Crippen LogP contribution in [0.5, 0.6) is 5.75 Å². The fourth-order valence-electron chi connectivity index (χ4n) is 4.01. The number of fused-ring (bicyclic) bond motifs is 1. The molecule has 0 unspecified atom stereocenters. The maximum absolute atomic E-state index is 12.7. The molecular formula is C23H27N3O2. The Morgan fingerprint density at radius 2 is 1.89 bits per heavy atom. The molecule has 146 valence electrons. The van der Waals surface area contributed by atoms with Crippen molar-refractivity contribution in [1.29, 1.82) is 0 Å². The van der Waals surface area contributed by atoms with Gasteiger partial charge in [-0.1, -0.05) is 38.1 Å². The highest BCUT2D eigenvalue weighted by atomic mass is 16.5. The summed E-state index contributed by atoms with van der Waals surface area (Å²) in [7, 11) is 1.66. The van der Waals surface area contributed by atoms with Gasteiger partial charge in [-0.2, -0.15) is 0 Å². The van der Waals surface area contributed by atoms with Crippen LogP contribution in [0, 0.1) is 5.92 Å². The average molecular weight is 377 g/mol. The first-order valence-corrected chi connectivity index (χ1v) is 9.91. The number of para-hydroxylation sites is 2. The number of amides is 1. The van der Waals surface area contributed by atoms with Crippen LogP contribution in [0.2, 0.25) is 0 Å². The zero-order valence-electron chi connectivity index (χ0n) is 16.8. The lowest BCUT2D eigenvalue weighted by Crippen LogP contribution is -2.24. The van der Waals surface area contributed by atoms with Gasteiger partial charge in [0.15, 0.2) is 0 Å². The lowest BCUT2D eigenvalue weighted by molar-refractivity contribution is -0.128. The minimum Gasteiger partial charge on any atom is -0.497 e. The van der Waals surface area contributed by atoms with Crippen LogP contribution in [0.25, 0.3) is 11.0 Å². The van der Waals surface area contributed by atoms with Crippen LogP contribution in [0.1, 0.15) is 37.6 Å². The van der Waals surface area contributed by atoms with E-state index < -0.39 is 0 Å². The SMILES string of the molecule is COc1ccc(CN2C[C@@H](c3nc4ccccc4n3CC(C)C)CC2=O)cc1. The van der Waals surface area contributed by atoms with Gasteiger partial charge in [-0.05, 0) is 35.7 Å². The van der Waals surface area contributed by atoms with Crippen LogP contribution in [0.4, 0.5) is 0 Å². The molecule has 1 saturated heterocycles. The molecule has 0 N–H and O–H groups in total. The van der Waals surface area contributed by atoms with Gasteiger partial charge in [0.1, 0.15) is 11.6 Å². The molecule has 1 fully saturated rings. The van der Waals surface area contributed by atoms with Crippen molar-refractivity contribution in [3.8, 4) is 5.75 Å². The number of methoxy groups -OCH3 is 1. The van der Waals surface area contributed by atoms with Crippen molar-refractivity contribution in [3.63, 3.8) is 0 Å². The van der Waals surface area contributed by atoms with Crippen LogP contribution in [-0.4, -0.2) is 34.0 Å². The molecule has 5 heteroatoms. The van der Waals surface area contributed by atoms with E-state index in [1.54, 1.807) is 7.11 Å². The number of imidazole rings is 1. The first kappa shape index (κ1) is 18.5. The first-order chi connectivity index (χ1) is 13.5. The molecule has 2 aromatic carbocycles. The van der Waals surface area contributed by atoms with E-state index in [0.717, 1.165) is 34.7 Å². The van der Waals surface area contributed by atoms with E-state index >= 15 is 0 Å². The molecule has 0 saturated carbocycles. The summed E-state index contributed by atoms with van der Waals surface area (Å²) in [5.74, 6) is 2.72. The van der Waals surface area contributed by atoms with Gasteiger partial charge in [-0.15, -0.1) is 0 Å². The number of carbonyl (C=O) groups is 1. The monoisotopic (exact) mass is 377 g/mol. The summed E-state index contributed by atoms with van der Waals surface area (Å²) in [4.78, 5) is 19.6. The molecule has 4 rings (SSSR count). The number of nitrogens with zero attached hydrogens (tertiary/aromatic N) is 3. The summed E-state index contributed by atoms with van der Waals surface area (Å²) < 4.78 is 7.53. The molecule has 3 aromatic rings. The third-order valence-corrected chi connectivity index (χ3v) is 5.34. The van der Waals surface area contributed by atoms with Gasteiger partial charge in [0.05, 0.1) is 18.1 Å². The van der Waals surface area contributed by atoms with Crippen molar-refractivity contribution in [2.75, 3.05) is 13.7 Å². The number of carbonyl (C=O) groups excluding carboxylic acids is 1. The van der Waals surface area contributed by atoms with Crippen LogP contribution < -0.4 is 4.74 Å². The van der Waals surface area contributed by atoms with Crippen LogP contribution in [0.3, 0.4) is 0 Å². The Morgan fingerprint density at radius 3 is 2.61 bits per heavy atom. The minimum atomic E-state index is 0.136. The van der Waals surface area contributed by atoms with Gasteiger partial charge in [-0.25, -0.2) is 4.98 Å². The number of rotatable bonds is 6. The topological polar surface area (TPSA) is 47.4 Å². The van der Waals surface area contributed by atoms with Gasteiger partial charge in [-0.3, -0.25) is 4.79 Å². The van der Waals surface area contributed by atoms with Crippen molar-refractivity contribution < 1.29 is 9.53 Å². The van der Waals surface area contributed by atoms with Crippen molar-refractivity contribution >= 4 is 16.9 Å². The van der Waals surface area contributed by atoms with Crippen molar-refractivity contribution in [2.24, 2.45) is 5.92 Å². The van der Waals surface area contributed by atoms with Gasteiger partial charge in [0.2, 0.25) is 5.91 Å². The molecule has 1 atom stereocenters. The van der Waals surface area contributed by atoms with Gasteiger partial charge in [0.25, 0.3) is 0 Å². The highest BCUT2D eigenvalue weighted by Crippen LogP contribution is 2.32. The molecule has 1 aromatic heterocycles. The largest absolute Gasteiger partial charge is 0.497 e. The van der Waals surface area contributed by atoms with E-state index in [-0.39, 0.29) is 11.8 Å². The smallest absolute Gasteiger partial charge is 0.223 e. The Kier molecular flexibility index (Phi) is 5.07. The van der Waals surface area contributed by atoms with Gasteiger partial charge in [0, 0.05) is 32.0 Å². The normalized spacial score (nSPS) is 17.1. The molecule has 0 radical (unpaired) electrons. The third-order valence-electron chi connectivity index (χ3n) is 5.34. The fraction of sp³-hybridized carbons (Fsp3) is 0.391. The summed E-state index contributed by atoms with van der Waals surface area (Å²) in [6.45, 7) is 6.69. The third kappa shape index (κ3) is 3.61. The number of hydrogen-bond donors (Lipinski definition) is 0. The fourth-order valence-corrected chi connectivity index (χ4v) is 4.01. The Labute approximate surface area is 165 Å². The zero-order valence-corrected chi connectivity index (χ0v) is 16.8. The predicted molar refractivity (Wildman–Crippen MR) is 110 cm³/mol. The van der Waals surface area contributed by atoms with Crippen LogP contribution in [0.15, 0.2) is 48.5 Å². The standard InChI is InChI=1S/C23H27N3O2/c1-16(2)13-26-21-7-5-4-6-20(21)24-23(26)18-12-22(27)25(15-18)14-17-8-10-19(28-3)11-9-17/h4-11,16,18H,12-15H2,1-3H3/t18-/m0/s1.